The van der Waals surface area contributed by atoms with Crippen molar-refractivity contribution in [3.8, 4) is 5.75 Å². The second-order valence-electron chi connectivity index (χ2n) is 4.03. The van der Waals surface area contributed by atoms with E-state index in [2.05, 4.69) is 5.32 Å². The van der Waals surface area contributed by atoms with Crippen LogP contribution in [0, 0.1) is 5.82 Å². The lowest BCUT2D eigenvalue weighted by molar-refractivity contribution is 0.0183. The summed E-state index contributed by atoms with van der Waals surface area (Å²) >= 11 is 0. The van der Waals surface area contributed by atoms with E-state index >= 15 is 0 Å². The molecule has 3 nitrogen and oxygen atoms in total. The Hall–Kier alpha value is -1.27. The van der Waals surface area contributed by atoms with Crippen LogP contribution in [0.5, 0.6) is 5.75 Å². The topological polar surface area (TPSA) is 30.5 Å². The predicted molar refractivity (Wildman–Crippen MR) is 66.2 cm³/mol. The molecule has 1 unspecified atom stereocenters. The van der Waals surface area contributed by atoms with Gasteiger partial charge in [0.2, 0.25) is 0 Å². The molecule has 19 heavy (non-hydrogen) atoms. The Kier molecular flexibility index (Phi) is 6.66. The molecule has 1 aromatic carbocycles. The fourth-order valence-electron chi connectivity index (χ4n) is 1.62. The molecule has 0 heterocycles. The largest absolute Gasteiger partial charge is 0.497 e. The number of ether oxygens (including phenoxy) is 2. The molecule has 0 fully saturated rings. The van der Waals surface area contributed by atoms with E-state index in [0.717, 1.165) is 0 Å². The smallest absolute Gasteiger partial charge is 0.261 e. The Morgan fingerprint density at radius 1 is 1.32 bits per heavy atom. The van der Waals surface area contributed by atoms with Crippen molar-refractivity contribution in [3.63, 3.8) is 0 Å². The van der Waals surface area contributed by atoms with Crippen molar-refractivity contribution in [2.24, 2.45) is 0 Å². The summed E-state index contributed by atoms with van der Waals surface area (Å²) in [6, 6.07) is 4.37. The van der Waals surface area contributed by atoms with Crippen molar-refractivity contribution in [1.82, 2.24) is 5.32 Å². The zero-order valence-electron chi connectivity index (χ0n) is 11.0. The van der Waals surface area contributed by atoms with E-state index < -0.39 is 13.0 Å². The quantitative estimate of drug-likeness (QED) is 0.741. The predicted octanol–water partition coefficient (Wildman–Crippen LogP) is 2.77. The summed E-state index contributed by atoms with van der Waals surface area (Å²) in [4.78, 5) is 0. The van der Waals surface area contributed by atoms with Crippen molar-refractivity contribution >= 4 is 0 Å². The summed E-state index contributed by atoms with van der Waals surface area (Å²) in [6.45, 7) is 1.75. The van der Waals surface area contributed by atoms with E-state index in [4.69, 9.17) is 9.47 Å². The molecule has 0 aliphatic rings. The fraction of sp³-hybridized carbons (Fsp3) is 0.538. The molecule has 1 N–H and O–H groups in total. The van der Waals surface area contributed by atoms with Crippen LogP contribution in [0.1, 0.15) is 18.5 Å². The Bertz CT molecular complexity index is 388. The molecular formula is C13H18F3NO2. The van der Waals surface area contributed by atoms with Gasteiger partial charge in [-0.2, -0.15) is 0 Å². The summed E-state index contributed by atoms with van der Waals surface area (Å²) < 4.78 is 47.0. The van der Waals surface area contributed by atoms with Crippen molar-refractivity contribution in [1.29, 1.82) is 0 Å². The van der Waals surface area contributed by atoms with E-state index in [1.54, 1.807) is 19.1 Å². The standard InChI is InChI=1S/C13H18F3NO2/c1-9(17-5-6-19-8-13(15)16)11-4-3-10(18-2)7-12(11)14/h3-4,7,9,13,17H,5-6,8H2,1-2H3. The Labute approximate surface area is 110 Å². The molecule has 0 saturated carbocycles. The molecule has 0 amide bonds. The minimum Gasteiger partial charge on any atom is -0.497 e. The third kappa shape index (κ3) is 5.48. The van der Waals surface area contributed by atoms with Crippen LogP contribution >= 0.6 is 0 Å². The van der Waals surface area contributed by atoms with Crippen LogP contribution < -0.4 is 10.1 Å². The highest BCUT2D eigenvalue weighted by molar-refractivity contribution is 5.30. The van der Waals surface area contributed by atoms with Crippen LogP contribution in [-0.4, -0.2) is 33.3 Å². The van der Waals surface area contributed by atoms with Gasteiger partial charge in [-0.25, -0.2) is 13.2 Å². The zero-order valence-corrected chi connectivity index (χ0v) is 11.0. The Morgan fingerprint density at radius 2 is 2.05 bits per heavy atom. The molecule has 0 saturated heterocycles. The number of benzene rings is 1. The number of hydrogen-bond donors (Lipinski definition) is 1. The van der Waals surface area contributed by atoms with E-state index in [0.29, 0.717) is 17.9 Å². The lowest BCUT2D eigenvalue weighted by Crippen LogP contribution is -2.24. The lowest BCUT2D eigenvalue weighted by Gasteiger charge is -2.15. The highest BCUT2D eigenvalue weighted by Crippen LogP contribution is 2.21. The number of nitrogens with one attached hydrogen (secondary N) is 1. The molecule has 1 atom stereocenters. The van der Waals surface area contributed by atoms with Gasteiger partial charge in [0.15, 0.2) is 0 Å². The molecule has 0 bridgehead atoms. The SMILES string of the molecule is COc1ccc(C(C)NCCOCC(F)F)c(F)c1. The van der Waals surface area contributed by atoms with Gasteiger partial charge in [0, 0.05) is 24.2 Å². The highest BCUT2D eigenvalue weighted by Gasteiger charge is 2.11. The number of hydrogen-bond acceptors (Lipinski definition) is 3. The summed E-state index contributed by atoms with van der Waals surface area (Å²) in [7, 11) is 1.47. The van der Waals surface area contributed by atoms with Gasteiger partial charge in [0.05, 0.1) is 13.7 Å². The Morgan fingerprint density at radius 3 is 2.63 bits per heavy atom. The third-order valence-electron chi connectivity index (χ3n) is 2.61. The normalized spacial score (nSPS) is 12.7. The van der Waals surface area contributed by atoms with Crippen molar-refractivity contribution < 1.29 is 22.6 Å². The average molecular weight is 277 g/mol. The van der Waals surface area contributed by atoms with E-state index in [-0.39, 0.29) is 18.5 Å². The molecule has 108 valence electrons. The maximum atomic E-state index is 13.7. The maximum Gasteiger partial charge on any atom is 0.261 e. The first-order chi connectivity index (χ1) is 9.04. The molecule has 0 aromatic heterocycles. The van der Waals surface area contributed by atoms with Crippen LogP contribution in [0.2, 0.25) is 0 Å². The summed E-state index contributed by atoms with van der Waals surface area (Å²) in [5.74, 6) is 0.0848. The number of alkyl halides is 2. The maximum absolute atomic E-state index is 13.7. The van der Waals surface area contributed by atoms with Gasteiger partial charge in [-0.3, -0.25) is 0 Å². The van der Waals surface area contributed by atoms with Gasteiger partial charge < -0.3 is 14.8 Å². The van der Waals surface area contributed by atoms with Gasteiger partial charge >= 0.3 is 0 Å². The van der Waals surface area contributed by atoms with Gasteiger partial charge in [-0.05, 0) is 13.0 Å². The van der Waals surface area contributed by atoms with Crippen molar-refractivity contribution in [2.75, 3.05) is 26.9 Å². The lowest BCUT2D eigenvalue weighted by atomic mass is 10.1. The molecule has 0 aliphatic carbocycles. The average Bonchev–Trinajstić information content (AvgIpc) is 2.37. The van der Waals surface area contributed by atoms with Gasteiger partial charge in [-0.15, -0.1) is 0 Å². The van der Waals surface area contributed by atoms with E-state index in [9.17, 15) is 13.2 Å². The second kappa shape index (κ2) is 8.01. The molecule has 0 radical (unpaired) electrons. The Balaban J connectivity index is 2.39. The molecule has 0 aliphatic heterocycles. The summed E-state index contributed by atoms with van der Waals surface area (Å²) in [6.07, 6.45) is -2.46. The van der Waals surface area contributed by atoms with Gasteiger partial charge in [0.25, 0.3) is 6.43 Å². The molecule has 0 spiro atoms. The number of rotatable bonds is 8. The molecule has 1 rings (SSSR count). The van der Waals surface area contributed by atoms with Crippen LogP contribution in [0.4, 0.5) is 13.2 Å². The summed E-state index contributed by atoms with van der Waals surface area (Å²) in [5.41, 5.74) is 0.495. The van der Waals surface area contributed by atoms with Crippen molar-refractivity contribution in [2.45, 2.75) is 19.4 Å². The molecule has 6 heteroatoms. The first kappa shape index (κ1) is 15.8. The monoisotopic (exact) mass is 277 g/mol. The second-order valence-corrected chi connectivity index (χ2v) is 4.03. The van der Waals surface area contributed by atoms with Gasteiger partial charge in [0.1, 0.15) is 18.2 Å². The highest BCUT2D eigenvalue weighted by atomic mass is 19.3. The third-order valence-corrected chi connectivity index (χ3v) is 2.61. The van der Waals surface area contributed by atoms with E-state index in [1.165, 1.54) is 13.2 Å². The first-order valence-electron chi connectivity index (χ1n) is 5.97. The van der Waals surface area contributed by atoms with Crippen LogP contribution in [0.25, 0.3) is 0 Å². The van der Waals surface area contributed by atoms with Crippen LogP contribution in [0.3, 0.4) is 0 Å². The fourth-order valence-corrected chi connectivity index (χ4v) is 1.62. The molecule has 1 aromatic rings. The first-order valence-corrected chi connectivity index (χ1v) is 5.97. The number of halogens is 3. The number of methoxy groups -OCH3 is 1. The van der Waals surface area contributed by atoms with Crippen molar-refractivity contribution in [3.05, 3.63) is 29.6 Å². The van der Waals surface area contributed by atoms with E-state index in [1.807, 2.05) is 0 Å². The zero-order chi connectivity index (χ0) is 14.3. The van der Waals surface area contributed by atoms with Gasteiger partial charge in [-0.1, -0.05) is 6.07 Å². The minimum absolute atomic E-state index is 0.159. The summed E-state index contributed by atoms with van der Waals surface area (Å²) in [5, 5.41) is 3.00. The van der Waals surface area contributed by atoms with Crippen LogP contribution in [0.15, 0.2) is 18.2 Å². The molecular weight excluding hydrogens is 259 g/mol. The van der Waals surface area contributed by atoms with Crippen LogP contribution in [-0.2, 0) is 4.74 Å². The minimum atomic E-state index is -2.46.